The second kappa shape index (κ2) is 3.30. The number of hydrogen-bond acceptors (Lipinski definition) is 3. The first-order chi connectivity index (χ1) is 4.74. The van der Waals surface area contributed by atoms with E-state index >= 15 is 0 Å². The fourth-order valence-electron chi connectivity index (χ4n) is 0.661. The minimum absolute atomic E-state index is 1.32. The lowest BCUT2D eigenvalue weighted by atomic mass is 10.6. The number of anilines is 1. The van der Waals surface area contributed by atoms with E-state index < -0.39 is 0 Å². The maximum Gasteiger partial charge on any atom is 0.0915 e. The van der Waals surface area contributed by atoms with Crippen molar-refractivity contribution in [2.45, 2.75) is 4.21 Å². The van der Waals surface area contributed by atoms with Crippen LogP contribution in [0.3, 0.4) is 0 Å². The highest BCUT2D eigenvalue weighted by Crippen LogP contribution is 2.30. The summed E-state index contributed by atoms with van der Waals surface area (Å²) in [7, 11) is 4.13. The van der Waals surface area contributed by atoms with Crippen LogP contribution < -0.4 is 4.90 Å². The van der Waals surface area contributed by atoms with Gasteiger partial charge in [0.05, 0.1) is 9.21 Å². The van der Waals surface area contributed by atoms with Crippen molar-refractivity contribution in [2.75, 3.05) is 25.3 Å². The third-order valence-electron chi connectivity index (χ3n) is 1.21. The molecule has 0 atom stereocenters. The van der Waals surface area contributed by atoms with E-state index in [4.69, 9.17) is 0 Å². The number of hydrogen-bond donors (Lipinski definition) is 0. The van der Waals surface area contributed by atoms with E-state index in [1.165, 1.54) is 9.21 Å². The zero-order chi connectivity index (χ0) is 7.56. The molecule has 0 aliphatic carbocycles. The minimum atomic E-state index is 1.32. The van der Waals surface area contributed by atoms with Crippen molar-refractivity contribution >= 4 is 28.1 Å². The summed E-state index contributed by atoms with van der Waals surface area (Å²) < 4.78 is 1.38. The Labute approximate surface area is 70.0 Å². The van der Waals surface area contributed by atoms with Crippen LogP contribution in [-0.4, -0.2) is 20.4 Å². The van der Waals surface area contributed by atoms with Crippen molar-refractivity contribution in [2.24, 2.45) is 0 Å². The van der Waals surface area contributed by atoms with Crippen molar-refractivity contribution < 1.29 is 0 Å². The van der Waals surface area contributed by atoms with Gasteiger partial charge in [-0.05, 0) is 18.4 Å². The zero-order valence-electron chi connectivity index (χ0n) is 6.42. The van der Waals surface area contributed by atoms with E-state index in [1.54, 1.807) is 11.8 Å². The van der Waals surface area contributed by atoms with Crippen LogP contribution in [0.2, 0.25) is 0 Å². The van der Waals surface area contributed by atoms with E-state index in [9.17, 15) is 0 Å². The van der Waals surface area contributed by atoms with Gasteiger partial charge >= 0.3 is 0 Å². The second-order valence-electron chi connectivity index (χ2n) is 2.19. The van der Waals surface area contributed by atoms with Gasteiger partial charge in [0.2, 0.25) is 0 Å². The highest BCUT2D eigenvalue weighted by atomic mass is 32.2. The number of thiophene rings is 1. The topological polar surface area (TPSA) is 3.24 Å². The fourth-order valence-corrected chi connectivity index (χ4v) is 2.11. The molecule has 0 bridgehead atoms. The third-order valence-corrected chi connectivity index (χ3v) is 3.55. The Hall–Kier alpha value is -0.150. The Balaban J connectivity index is 2.78. The van der Waals surface area contributed by atoms with Crippen LogP contribution in [-0.2, 0) is 0 Å². The van der Waals surface area contributed by atoms with Gasteiger partial charge in [0.1, 0.15) is 0 Å². The Kier molecular flexibility index (Phi) is 2.63. The van der Waals surface area contributed by atoms with Crippen molar-refractivity contribution in [3.63, 3.8) is 0 Å². The molecule has 56 valence electrons. The molecule has 1 heterocycles. The Morgan fingerprint density at radius 3 is 2.40 bits per heavy atom. The quantitative estimate of drug-likeness (QED) is 0.632. The standard InChI is InChI=1S/C7H11NS2/c1-8(2)6-4-5-7(9-3)10-6/h4-5H,1-3H3. The average molecular weight is 173 g/mol. The highest BCUT2D eigenvalue weighted by molar-refractivity contribution is 8.00. The minimum Gasteiger partial charge on any atom is -0.370 e. The molecule has 1 aromatic heterocycles. The molecule has 0 aromatic carbocycles. The zero-order valence-corrected chi connectivity index (χ0v) is 8.05. The lowest BCUT2D eigenvalue weighted by Gasteiger charge is -2.06. The lowest BCUT2D eigenvalue weighted by Crippen LogP contribution is -2.05. The van der Waals surface area contributed by atoms with E-state index in [0.717, 1.165) is 0 Å². The molecule has 10 heavy (non-hydrogen) atoms. The molecule has 0 aliphatic heterocycles. The molecule has 0 saturated carbocycles. The largest absolute Gasteiger partial charge is 0.370 e. The molecule has 0 N–H and O–H groups in total. The summed E-state index contributed by atoms with van der Waals surface area (Å²) in [4.78, 5) is 2.13. The molecule has 0 unspecified atom stereocenters. The number of nitrogens with zero attached hydrogens (tertiary/aromatic N) is 1. The highest BCUT2D eigenvalue weighted by Gasteiger charge is 1.98. The first-order valence-electron chi connectivity index (χ1n) is 3.05. The average Bonchev–Trinajstić information content (AvgIpc) is 2.34. The molecule has 1 aromatic rings. The molecule has 0 amide bonds. The molecule has 0 fully saturated rings. The van der Waals surface area contributed by atoms with Crippen LogP contribution in [0.4, 0.5) is 5.00 Å². The molecule has 0 saturated heterocycles. The molecule has 1 nitrogen and oxygen atoms in total. The maximum absolute atomic E-state index is 2.16. The van der Waals surface area contributed by atoms with Gasteiger partial charge in [-0.15, -0.1) is 23.1 Å². The van der Waals surface area contributed by atoms with E-state index in [0.29, 0.717) is 0 Å². The molecule has 0 radical (unpaired) electrons. The second-order valence-corrected chi connectivity index (χ2v) is 4.36. The normalized spacial score (nSPS) is 9.90. The van der Waals surface area contributed by atoms with Crippen molar-refractivity contribution in [3.8, 4) is 0 Å². The summed E-state index contributed by atoms with van der Waals surface area (Å²) in [6, 6.07) is 4.31. The summed E-state index contributed by atoms with van der Waals surface area (Å²) in [5.41, 5.74) is 0. The summed E-state index contributed by atoms with van der Waals surface area (Å²) >= 11 is 3.63. The van der Waals surface area contributed by atoms with Crippen LogP contribution in [0.5, 0.6) is 0 Å². The van der Waals surface area contributed by atoms with E-state index in [2.05, 4.69) is 37.4 Å². The first-order valence-corrected chi connectivity index (χ1v) is 5.09. The van der Waals surface area contributed by atoms with Crippen LogP contribution >= 0.6 is 23.1 Å². The monoisotopic (exact) mass is 173 g/mol. The molecular formula is C7H11NS2. The lowest BCUT2D eigenvalue weighted by molar-refractivity contribution is 1.16. The molecular weight excluding hydrogens is 162 g/mol. The van der Waals surface area contributed by atoms with Crippen molar-refractivity contribution in [1.29, 1.82) is 0 Å². The predicted molar refractivity (Wildman–Crippen MR) is 50.4 cm³/mol. The molecule has 0 spiro atoms. The first kappa shape index (κ1) is 7.95. The fraction of sp³-hybridized carbons (Fsp3) is 0.429. The summed E-state index contributed by atoms with van der Waals surface area (Å²) in [5, 5.41) is 1.32. The van der Waals surface area contributed by atoms with Crippen LogP contribution in [0, 0.1) is 0 Å². The van der Waals surface area contributed by atoms with Gasteiger partial charge in [0.25, 0.3) is 0 Å². The predicted octanol–water partition coefficient (Wildman–Crippen LogP) is 2.54. The van der Waals surface area contributed by atoms with Gasteiger partial charge in [0, 0.05) is 14.1 Å². The molecule has 0 aliphatic rings. The van der Waals surface area contributed by atoms with Gasteiger partial charge in [-0.25, -0.2) is 0 Å². The number of rotatable bonds is 2. The Bertz CT molecular complexity index is 205. The summed E-state index contributed by atoms with van der Waals surface area (Å²) in [6.45, 7) is 0. The van der Waals surface area contributed by atoms with E-state index in [1.807, 2.05) is 11.3 Å². The molecule has 1 rings (SSSR count). The molecule has 3 heteroatoms. The van der Waals surface area contributed by atoms with Crippen LogP contribution in [0.1, 0.15) is 0 Å². The number of thioether (sulfide) groups is 1. The van der Waals surface area contributed by atoms with Crippen molar-refractivity contribution in [3.05, 3.63) is 12.1 Å². The third kappa shape index (κ3) is 1.67. The Morgan fingerprint density at radius 1 is 1.40 bits per heavy atom. The van der Waals surface area contributed by atoms with Crippen LogP contribution in [0.25, 0.3) is 0 Å². The SMILES string of the molecule is CSc1ccc(N(C)C)s1. The van der Waals surface area contributed by atoms with Gasteiger partial charge in [-0.1, -0.05) is 0 Å². The van der Waals surface area contributed by atoms with Gasteiger partial charge < -0.3 is 4.90 Å². The van der Waals surface area contributed by atoms with Gasteiger partial charge in [-0.3, -0.25) is 0 Å². The maximum atomic E-state index is 2.16. The van der Waals surface area contributed by atoms with Crippen molar-refractivity contribution in [1.82, 2.24) is 0 Å². The van der Waals surface area contributed by atoms with E-state index in [-0.39, 0.29) is 0 Å². The van der Waals surface area contributed by atoms with Gasteiger partial charge in [-0.2, -0.15) is 0 Å². The smallest absolute Gasteiger partial charge is 0.0915 e. The van der Waals surface area contributed by atoms with Crippen LogP contribution in [0.15, 0.2) is 16.3 Å². The Morgan fingerprint density at radius 2 is 2.10 bits per heavy atom. The van der Waals surface area contributed by atoms with Gasteiger partial charge in [0.15, 0.2) is 0 Å². The summed E-state index contributed by atoms with van der Waals surface area (Å²) in [6.07, 6.45) is 2.10. The summed E-state index contributed by atoms with van der Waals surface area (Å²) in [5.74, 6) is 0.